The fourth-order valence-electron chi connectivity index (χ4n) is 2.48. The van der Waals surface area contributed by atoms with Crippen molar-refractivity contribution in [2.45, 2.75) is 20.3 Å². The molecule has 1 saturated heterocycles. The van der Waals surface area contributed by atoms with E-state index in [2.05, 4.69) is 19.2 Å². The summed E-state index contributed by atoms with van der Waals surface area (Å²) in [4.78, 5) is 14.3. The Kier molecular flexibility index (Phi) is 3.90. The molecule has 1 amide bonds. The summed E-state index contributed by atoms with van der Waals surface area (Å²) in [7, 11) is 1.88. The average Bonchev–Trinajstić information content (AvgIpc) is 2.88. The van der Waals surface area contributed by atoms with Crippen molar-refractivity contribution in [3.8, 4) is 0 Å². The van der Waals surface area contributed by atoms with Crippen molar-refractivity contribution < 1.29 is 4.79 Å². The van der Waals surface area contributed by atoms with E-state index in [1.807, 2.05) is 36.2 Å². The van der Waals surface area contributed by atoms with Crippen LogP contribution in [0.2, 0.25) is 0 Å². The van der Waals surface area contributed by atoms with Crippen molar-refractivity contribution in [1.82, 2.24) is 4.90 Å². The quantitative estimate of drug-likeness (QED) is 0.889. The van der Waals surface area contributed by atoms with Gasteiger partial charge in [0.15, 0.2) is 0 Å². The van der Waals surface area contributed by atoms with Crippen LogP contribution < -0.4 is 5.32 Å². The molecule has 3 nitrogen and oxygen atoms in total. The topological polar surface area (TPSA) is 32.3 Å². The zero-order chi connectivity index (χ0) is 13.1. The molecule has 0 aliphatic carbocycles. The van der Waals surface area contributed by atoms with E-state index >= 15 is 0 Å². The highest BCUT2D eigenvalue weighted by Crippen LogP contribution is 2.25. The van der Waals surface area contributed by atoms with Crippen LogP contribution in [0.25, 0.3) is 0 Å². The van der Waals surface area contributed by atoms with Crippen molar-refractivity contribution in [2.24, 2.45) is 11.8 Å². The molecule has 0 aromatic heterocycles. The standard InChI is InChI=1S/C15H22N2O/c1-11(2)13-8-9-17(10-13)15(18)12-4-6-14(16-3)7-5-12/h4-7,11,13,16H,8-10H2,1-3H3. The molecular weight excluding hydrogens is 224 g/mol. The largest absolute Gasteiger partial charge is 0.388 e. The molecule has 0 radical (unpaired) electrons. The number of amides is 1. The van der Waals surface area contributed by atoms with E-state index in [9.17, 15) is 4.79 Å². The van der Waals surface area contributed by atoms with Crippen LogP contribution in [0.15, 0.2) is 24.3 Å². The second-order valence-corrected chi connectivity index (χ2v) is 5.37. The van der Waals surface area contributed by atoms with Gasteiger partial charge in [-0.3, -0.25) is 4.79 Å². The van der Waals surface area contributed by atoms with Gasteiger partial charge in [-0.05, 0) is 42.5 Å². The third-order valence-corrected chi connectivity index (χ3v) is 3.88. The zero-order valence-corrected chi connectivity index (χ0v) is 11.4. The van der Waals surface area contributed by atoms with Crippen LogP contribution in [0.3, 0.4) is 0 Å². The van der Waals surface area contributed by atoms with E-state index in [4.69, 9.17) is 0 Å². The summed E-state index contributed by atoms with van der Waals surface area (Å²) in [5, 5.41) is 3.06. The minimum atomic E-state index is 0.167. The molecule has 1 aromatic rings. The molecule has 2 rings (SSSR count). The smallest absolute Gasteiger partial charge is 0.253 e. The van der Waals surface area contributed by atoms with Crippen molar-refractivity contribution >= 4 is 11.6 Å². The Balaban J connectivity index is 2.03. The lowest BCUT2D eigenvalue weighted by molar-refractivity contribution is 0.0784. The van der Waals surface area contributed by atoms with E-state index in [1.54, 1.807) is 0 Å². The van der Waals surface area contributed by atoms with E-state index < -0.39 is 0 Å². The Morgan fingerprint density at radius 2 is 2.00 bits per heavy atom. The van der Waals surface area contributed by atoms with Crippen LogP contribution in [0.5, 0.6) is 0 Å². The molecule has 0 spiro atoms. The minimum Gasteiger partial charge on any atom is -0.388 e. The summed E-state index contributed by atoms with van der Waals surface area (Å²) in [6.07, 6.45) is 1.14. The maximum absolute atomic E-state index is 12.3. The number of carbonyl (C=O) groups is 1. The molecule has 1 atom stereocenters. The van der Waals surface area contributed by atoms with Crippen LogP contribution in [0, 0.1) is 11.8 Å². The van der Waals surface area contributed by atoms with Crippen molar-refractivity contribution in [3.05, 3.63) is 29.8 Å². The molecule has 1 heterocycles. The summed E-state index contributed by atoms with van der Waals surface area (Å²) >= 11 is 0. The first-order valence-corrected chi connectivity index (χ1v) is 6.69. The summed E-state index contributed by atoms with van der Waals surface area (Å²) < 4.78 is 0. The van der Waals surface area contributed by atoms with Crippen LogP contribution in [-0.4, -0.2) is 30.9 Å². The van der Waals surface area contributed by atoms with Gasteiger partial charge in [-0.2, -0.15) is 0 Å². The Hall–Kier alpha value is -1.51. The van der Waals surface area contributed by atoms with Gasteiger partial charge in [0.05, 0.1) is 0 Å². The van der Waals surface area contributed by atoms with Crippen molar-refractivity contribution in [2.75, 3.05) is 25.5 Å². The maximum atomic E-state index is 12.3. The van der Waals surface area contributed by atoms with Gasteiger partial charge in [0.1, 0.15) is 0 Å². The highest BCUT2D eigenvalue weighted by atomic mass is 16.2. The summed E-state index contributed by atoms with van der Waals surface area (Å²) in [5.41, 5.74) is 1.83. The number of hydrogen-bond donors (Lipinski definition) is 1. The second kappa shape index (κ2) is 5.42. The average molecular weight is 246 g/mol. The van der Waals surface area contributed by atoms with Gasteiger partial charge in [0.2, 0.25) is 0 Å². The molecule has 1 aromatic carbocycles. The summed E-state index contributed by atoms with van der Waals surface area (Å²) in [6.45, 7) is 6.28. The number of carbonyl (C=O) groups excluding carboxylic acids is 1. The van der Waals surface area contributed by atoms with Gasteiger partial charge >= 0.3 is 0 Å². The number of anilines is 1. The Bertz CT molecular complexity index is 411. The third-order valence-electron chi connectivity index (χ3n) is 3.88. The fraction of sp³-hybridized carbons (Fsp3) is 0.533. The minimum absolute atomic E-state index is 0.167. The van der Waals surface area contributed by atoms with Crippen LogP contribution in [0.1, 0.15) is 30.6 Å². The molecule has 98 valence electrons. The third kappa shape index (κ3) is 2.66. The van der Waals surface area contributed by atoms with Gasteiger partial charge in [-0.15, -0.1) is 0 Å². The molecule has 1 aliphatic heterocycles. The number of benzene rings is 1. The lowest BCUT2D eigenvalue weighted by Crippen LogP contribution is -2.29. The first kappa shape index (κ1) is 12.9. The van der Waals surface area contributed by atoms with Gasteiger partial charge in [0, 0.05) is 31.4 Å². The monoisotopic (exact) mass is 246 g/mol. The predicted molar refractivity (Wildman–Crippen MR) is 74.8 cm³/mol. The Morgan fingerprint density at radius 1 is 1.33 bits per heavy atom. The molecule has 1 aliphatic rings. The molecular formula is C15H22N2O. The molecule has 3 heteroatoms. The molecule has 1 fully saturated rings. The van der Waals surface area contributed by atoms with Crippen molar-refractivity contribution in [1.29, 1.82) is 0 Å². The summed E-state index contributed by atoms with van der Waals surface area (Å²) in [6, 6.07) is 7.69. The Morgan fingerprint density at radius 3 is 2.50 bits per heavy atom. The van der Waals surface area contributed by atoms with Gasteiger partial charge in [-0.1, -0.05) is 13.8 Å². The maximum Gasteiger partial charge on any atom is 0.253 e. The first-order chi connectivity index (χ1) is 8.61. The zero-order valence-electron chi connectivity index (χ0n) is 11.4. The molecule has 1 N–H and O–H groups in total. The SMILES string of the molecule is CNc1ccc(C(=O)N2CCC(C(C)C)C2)cc1. The van der Waals surface area contributed by atoms with Crippen LogP contribution in [0.4, 0.5) is 5.69 Å². The van der Waals surface area contributed by atoms with Gasteiger partial charge in [-0.25, -0.2) is 0 Å². The van der Waals surface area contributed by atoms with Crippen molar-refractivity contribution in [3.63, 3.8) is 0 Å². The van der Waals surface area contributed by atoms with Crippen LogP contribution in [-0.2, 0) is 0 Å². The van der Waals surface area contributed by atoms with Gasteiger partial charge in [0.25, 0.3) is 5.91 Å². The lowest BCUT2D eigenvalue weighted by atomic mass is 9.95. The number of likely N-dealkylation sites (tertiary alicyclic amines) is 1. The number of rotatable bonds is 3. The van der Waals surface area contributed by atoms with E-state index in [0.29, 0.717) is 11.8 Å². The van der Waals surface area contributed by atoms with Gasteiger partial charge < -0.3 is 10.2 Å². The predicted octanol–water partition coefficient (Wildman–Crippen LogP) is 2.85. The highest BCUT2D eigenvalue weighted by molar-refractivity contribution is 5.94. The summed E-state index contributed by atoms with van der Waals surface area (Å²) in [5.74, 6) is 1.49. The number of hydrogen-bond acceptors (Lipinski definition) is 2. The normalized spacial score (nSPS) is 19.3. The molecule has 18 heavy (non-hydrogen) atoms. The van der Waals surface area contributed by atoms with E-state index in [1.165, 1.54) is 0 Å². The number of nitrogens with one attached hydrogen (secondary N) is 1. The second-order valence-electron chi connectivity index (χ2n) is 5.37. The molecule has 1 unspecified atom stereocenters. The van der Waals surface area contributed by atoms with E-state index in [0.717, 1.165) is 30.8 Å². The molecule has 0 bridgehead atoms. The number of nitrogens with zero attached hydrogens (tertiary/aromatic N) is 1. The Labute approximate surface area is 109 Å². The highest BCUT2D eigenvalue weighted by Gasteiger charge is 2.28. The first-order valence-electron chi connectivity index (χ1n) is 6.69. The van der Waals surface area contributed by atoms with E-state index in [-0.39, 0.29) is 5.91 Å². The van der Waals surface area contributed by atoms with Crippen LogP contribution >= 0.6 is 0 Å². The fourth-order valence-corrected chi connectivity index (χ4v) is 2.48. The lowest BCUT2D eigenvalue weighted by Gasteiger charge is -2.18. The molecule has 0 saturated carbocycles.